The molecule has 0 amide bonds. The molecule has 0 atom stereocenters. The van der Waals surface area contributed by atoms with Gasteiger partial charge in [0.1, 0.15) is 5.82 Å². The zero-order valence-electron chi connectivity index (χ0n) is 21.5. The van der Waals surface area contributed by atoms with Crippen molar-refractivity contribution in [1.82, 2.24) is 4.98 Å². The van der Waals surface area contributed by atoms with Gasteiger partial charge in [0.05, 0.1) is 11.2 Å². The highest BCUT2D eigenvalue weighted by molar-refractivity contribution is 5.79. The summed E-state index contributed by atoms with van der Waals surface area (Å²) in [6.07, 6.45) is 3.79. The molecule has 184 valence electrons. The van der Waals surface area contributed by atoms with E-state index in [-0.39, 0.29) is 5.54 Å². The molecule has 5 aromatic rings. The van der Waals surface area contributed by atoms with Crippen molar-refractivity contribution in [2.45, 2.75) is 32.2 Å². The Morgan fingerprint density at radius 1 is 0.595 bits per heavy atom. The molecule has 0 aliphatic carbocycles. The maximum atomic E-state index is 4.83. The van der Waals surface area contributed by atoms with Gasteiger partial charge in [0, 0.05) is 28.7 Å². The summed E-state index contributed by atoms with van der Waals surface area (Å²) in [6.45, 7) is 4.50. The van der Waals surface area contributed by atoms with Crippen molar-refractivity contribution >= 4 is 22.9 Å². The Hall–Kier alpha value is -4.37. The zero-order valence-corrected chi connectivity index (χ0v) is 21.5. The Bertz CT molecular complexity index is 1350. The number of aromatic nitrogens is 1. The molecule has 3 heteroatoms. The van der Waals surface area contributed by atoms with Crippen molar-refractivity contribution in [2.24, 2.45) is 0 Å². The summed E-state index contributed by atoms with van der Waals surface area (Å²) in [7, 11) is 0. The van der Waals surface area contributed by atoms with E-state index in [4.69, 9.17) is 4.98 Å². The van der Waals surface area contributed by atoms with Crippen molar-refractivity contribution in [3.63, 3.8) is 0 Å². The smallest absolute Gasteiger partial charge is 0.126 e. The van der Waals surface area contributed by atoms with Gasteiger partial charge in [0.15, 0.2) is 0 Å². The van der Waals surface area contributed by atoms with Gasteiger partial charge in [0.2, 0.25) is 0 Å². The summed E-state index contributed by atoms with van der Waals surface area (Å²) in [4.78, 5) is 7.18. The van der Waals surface area contributed by atoms with E-state index in [1.54, 1.807) is 0 Å². The van der Waals surface area contributed by atoms with E-state index in [1.807, 2.05) is 12.3 Å². The topological polar surface area (TPSA) is 28.2 Å². The second-order valence-corrected chi connectivity index (χ2v) is 9.24. The molecule has 0 saturated heterocycles. The molecular formula is C34H33N3. The first-order chi connectivity index (χ1) is 18.2. The first-order valence-electron chi connectivity index (χ1n) is 13.0. The van der Waals surface area contributed by atoms with Crippen LogP contribution in [0.25, 0.3) is 11.1 Å². The monoisotopic (exact) mass is 483 g/mol. The van der Waals surface area contributed by atoms with E-state index in [9.17, 15) is 0 Å². The van der Waals surface area contributed by atoms with Crippen molar-refractivity contribution in [1.29, 1.82) is 0 Å². The van der Waals surface area contributed by atoms with E-state index in [0.717, 1.165) is 41.3 Å². The number of benzene rings is 4. The molecular weight excluding hydrogens is 450 g/mol. The zero-order chi connectivity index (χ0) is 25.5. The normalized spacial score (nSPS) is 11.2. The second-order valence-electron chi connectivity index (χ2n) is 9.24. The molecule has 1 N–H and O–H groups in total. The highest BCUT2D eigenvalue weighted by atomic mass is 15.2. The summed E-state index contributed by atoms with van der Waals surface area (Å²) in [5.41, 5.74) is 6.67. The minimum Gasteiger partial charge on any atom is -0.361 e. The first-order valence-corrected chi connectivity index (χ1v) is 13.0. The van der Waals surface area contributed by atoms with Crippen LogP contribution in [0.15, 0.2) is 134 Å². The minimum absolute atomic E-state index is 0.292. The van der Waals surface area contributed by atoms with Crippen LogP contribution in [0.2, 0.25) is 0 Å². The quantitative estimate of drug-likeness (QED) is 0.226. The number of nitrogens with zero attached hydrogens (tertiary/aromatic N) is 2. The van der Waals surface area contributed by atoms with Crippen LogP contribution in [0.3, 0.4) is 0 Å². The number of anilines is 4. The molecule has 0 saturated carbocycles. The lowest BCUT2D eigenvalue weighted by Gasteiger charge is -2.38. The number of pyridine rings is 1. The number of nitrogens with one attached hydrogen (secondary N) is 1. The van der Waals surface area contributed by atoms with E-state index in [1.165, 1.54) is 11.1 Å². The van der Waals surface area contributed by atoms with Crippen LogP contribution in [-0.4, -0.2) is 4.98 Å². The van der Waals surface area contributed by atoms with E-state index >= 15 is 0 Å². The standard InChI is InChI=1S/C34H33N3/c1-3-34(4-2,36-33-25-24-28(26-35-33)27-16-8-5-9-17-27)31-22-14-15-23-32(31)37(29-18-10-6-11-19-29)30-20-12-7-13-21-30/h5-26H,3-4H2,1-2H3,(H,35,36). The molecule has 1 aromatic heterocycles. The van der Waals surface area contributed by atoms with Gasteiger partial charge in [-0.2, -0.15) is 0 Å². The van der Waals surface area contributed by atoms with Crippen LogP contribution in [0.1, 0.15) is 32.3 Å². The molecule has 5 rings (SSSR count). The van der Waals surface area contributed by atoms with Gasteiger partial charge in [-0.1, -0.05) is 98.8 Å². The molecule has 1 heterocycles. The SMILES string of the molecule is CCC(CC)(Nc1ccc(-c2ccccc2)cn1)c1ccccc1N(c1ccccc1)c1ccccc1. The van der Waals surface area contributed by atoms with Gasteiger partial charge in [0.25, 0.3) is 0 Å². The van der Waals surface area contributed by atoms with Crippen LogP contribution in [0, 0.1) is 0 Å². The lowest BCUT2D eigenvalue weighted by atomic mass is 9.83. The molecule has 0 unspecified atom stereocenters. The van der Waals surface area contributed by atoms with Crippen LogP contribution in [0.5, 0.6) is 0 Å². The molecule has 4 aromatic carbocycles. The van der Waals surface area contributed by atoms with Gasteiger partial charge < -0.3 is 10.2 Å². The number of rotatable bonds is 9. The van der Waals surface area contributed by atoms with Crippen LogP contribution in [0.4, 0.5) is 22.9 Å². The minimum atomic E-state index is -0.292. The van der Waals surface area contributed by atoms with Crippen LogP contribution >= 0.6 is 0 Å². The molecule has 0 radical (unpaired) electrons. The summed E-state index contributed by atoms with van der Waals surface area (Å²) in [6, 6.07) is 44.5. The van der Waals surface area contributed by atoms with Crippen LogP contribution in [-0.2, 0) is 5.54 Å². The second kappa shape index (κ2) is 11.1. The highest BCUT2D eigenvalue weighted by Gasteiger charge is 2.33. The van der Waals surface area contributed by atoms with E-state index in [0.29, 0.717) is 0 Å². The number of hydrogen-bond acceptors (Lipinski definition) is 3. The van der Waals surface area contributed by atoms with Crippen LogP contribution < -0.4 is 10.2 Å². The van der Waals surface area contributed by atoms with Gasteiger partial charge >= 0.3 is 0 Å². The fourth-order valence-corrected chi connectivity index (χ4v) is 5.04. The molecule has 0 spiro atoms. The maximum absolute atomic E-state index is 4.83. The van der Waals surface area contributed by atoms with E-state index in [2.05, 4.69) is 145 Å². The molecule has 37 heavy (non-hydrogen) atoms. The third-order valence-electron chi connectivity index (χ3n) is 7.13. The predicted octanol–water partition coefficient (Wildman–Crippen LogP) is 9.35. The Morgan fingerprint density at radius 2 is 1.14 bits per heavy atom. The van der Waals surface area contributed by atoms with Crippen molar-refractivity contribution in [3.05, 3.63) is 139 Å². The summed E-state index contributed by atoms with van der Waals surface area (Å²) in [5.74, 6) is 0.879. The first kappa shape index (κ1) is 24.3. The summed E-state index contributed by atoms with van der Waals surface area (Å²) in [5, 5.41) is 3.85. The fourth-order valence-electron chi connectivity index (χ4n) is 5.04. The summed E-state index contributed by atoms with van der Waals surface area (Å²) < 4.78 is 0. The summed E-state index contributed by atoms with van der Waals surface area (Å²) >= 11 is 0. The average molecular weight is 484 g/mol. The lowest BCUT2D eigenvalue weighted by molar-refractivity contribution is 0.454. The molecule has 0 fully saturated rings. The predicted molar refractivity (Wildman–Crippen MR) is 157 cm³/mol. The van der Waals surface area contributed by atoms with Gasteiger partial charge in [-0.15, -0.1) is 0 Å². The van der Waals surface area contributed by atoms with Gasteiger partial charge in [-0.05, 0) is 60.9 Å². The Balaban J connectivity index is 1.57. The third kappa shape index (κ3) is 5.12. The Labute approximate surface area is 220 Å². The maximum Gasteiger partial charge on any atom is 0.126 e. The molecule has 3 nitrogen and oxygen atoms in total. The lowest BCUT2D eigenvalue weighted by Crippen LogP contribution is -2.36. The largest absolute Gasteiger partial charge is 0.361 e. The van der Waals surface area contributed by atoms with Crippen molar-refractivity contribution < 1.29 is 0 Å². The molecule has 0 aliphatic rings. The van der Waals surface area contributed by atoms with Crippen molar-refractivity contribution in [3.8, 4) is 11.1 Å². The molecule has 0 aliphatic heterocycles. The number of hydrogen-bond donors (Lipinski definition) is 1. The number of para-hydroxylation sites is 3. The third-order valence-corrected chi connectivity index (χ3v) is 7.13. The van der Waals surface area contributed by atoms with Gasteiger partial charge in [-0.3, -0.25) is 0 Å². The molecule has 0 bridgehead atoms. The Morgan fingerprint density at radius 3 is 1.68 bits per heavy atom. The average Bonchev–Trinajstić information content (AvgIpc) is 2.98. The van der Waals surface area contributed by atoms with Crippen molar-refractivity contribution in [2.75, 3.05) is 10.2 Å². The highest BCUT2D eigenvalue weighted by Crippen LogP contribution is 2.43. The van der Waals surface area contributed by atoms with Gasteiger partial charge in [-0.25, -0.2) is 4.98 Å². The fraction of sp³-hybridized carbons (Fsp3) is 0.147. The Kier molecular flexibility index (Phi) is 7.32. The van der Waals surface area contributed by atoms with E-state index < -0.39 is 0 Å².